The van der Waals surface area contributed by atoms with Crippen molar-refractivity contribution in [3.63, 3.8) is 0 Å². The number of methoxy groups -OCH3 is 2. The lowest BCUT2D eigenvalue weighted by Crippen LogP contribution is -2.52. The summed E-state index contributed by atoms with van der Waals surface area (Å²) >= 11 is 11.7. The van der Waals surface area contributed by atoms with Crippen molar-refractivity contribution in [2.75, 3.05) is 33.1 Å². The van der Waals surface area contributed by atoms with Crippen LogP contribution in [0.25, 0.3) is 0 Å². The maximum atomic E-state index is 6.09. The van der Waals surface area contributed by atoms with E-state index in [1.807, 2.05) is 30.3 Å². The van der Waals surface area contributed by atoms with E-state index in [1.54, 1.807) is 14.2 Å². The highest BCUT2D eigenvalue weighted by atomic mass is 35.5. The zero-order valence-corrected chi connectivity index (χ0v) is 19.9. The molecule has 1 saturated heterocycles. The minimum Gasteiger partial charge on any atom is -0.493 e. The quantitative estimate of drug-likeness (QED) is 0.624. The van der Waals surface area contributed by atoms with Crippen molar-refractivity contribution < 1.29 is 9.47 Å². The van der Waals surface area contributed by atoms with E-state index in [-0.39, 0.29) is 5.41 Å². The van der Waals surface area contributed by atoms with Gasteiger partial charge < -0.3 is 25.0 Å². The molecule has 1 aliphatic carbocycles. The topological polar surface area (TPSA) is 45.8 Å². The number of hydrogen-bond acceptors (Lipinski definition) is 4. The summed E-state index contributed by atoms with van der Waals surface area (Å²) in [6.07, 6.45) is 4.37. The lowest BCUT2D eigenvalue weighted by Gasteiger charge is -2.45. The van der Waals surface area contributed by atoms with Crippen LogP contribution in [0.3, 0.4) is 0 Å². The molecular weight excluding hydrogens is 430 g/mol. The van der Waals surface area contributed by atoms with Crippen LogP contribution in [0.1, 0.15) is 31.2 Å². The van der Waals surface area contributed by atoms with Crippen molar-refractivity contribution in [2.45, 2.75) is 43.2 Å². The van der Waals surface area contributed by atoms with Gasteiger partial charge in [-0.1, -0.05) is 23.7 Å². The summed E-state index contributed by atoms with van der Waals surface area (Å²) in [6.45, 7) is 1.09. The molecule has 0 unspecified atom stereocenters. The van der Waals surface area contributed by atoms with Crippen LogP contribution in [-0.2, 0) is 5.41 Å². The van der Waals surface area contributed by atoms with Gasteiger partial charge in [-0.25, -0.2) is 0 Å². The SMILES string of the molecule is COc1ccc([C@@]23CC[C@H](NC(=S)Nc4cccc(Cl)c4)C[C@H]2N(C)CC3)cc1OC. The second-order valence-corrected chi connectivity index (χ2v) is 9.40. The molecule has 2 aromatic carbocycles. The fraction of sp³-hybridized carbons (Fsp3) is 0.458. The molecule has 0 aromatic heterocycles. The predicted molar refractivity (Wildman–Crippen MR) is 131 cm³/mol. The van der Waals surface area contributed by atoms with E-state index in [1.165, 1.54) is 5.56 Å². The molecule has 166 valence electrons. The average Bonchev–Trinajstić information content (AvgIpc) is 3.10. The van der Waals surface area contributed by atoms with E-state index < -0.39 is 0 Å². The fourth-order valence-corrected chi connectivity index (χ4v) is 5.79. The predicted octanol–water partition coefficient (Wildman–Crippen LogP) is 4.84. The van der Waals surface area contributed by atoms with Crippen LogP contribution in [0.4, 0.5) is 5.69 Å². The molecule has 1 saturated carbocycles. The van der Waals surface area contributed by atoms with Crippen molar-refractivity contribution in [3.05, 3.63) is 53.1 Å². The van der Waals surface area contributed by atoms with Gasteiger partial charge in [0.2, 0.25) is 0 Å². The number of ether oxygens (including phenoxy) is 2. The van der Waals surface area contributed by atoms with Crippen LogP contribution in [0.15, 0.2) is 42.5 Å². The van der Waals surface area contributed by atoms with Gasteiger partial charge in [-0.2, -0.15) is 0 Å². The molecule has 0 spiro atoms. The van der Waals surface area contributed by atoms with E-state index in [4.69, 9.17) is 33.3 Å². The van der Waals surface area contributed by atoms with Gasteiger partial charge in [0.1, 0.15) is 0 Å². The molecule has 0 bridgehead atoms. The Morgan fingerprint density at radius 3 is 2.68 bits per heavy atom. The Labute approximate surface area is 195 Å². The summed E-state index contributed by atoms with van der Waals surface area (Å²) in [4.78, 5) is 2.50. The number of fused-ring (bicyclic) bond motifs is 1. The Kier molecular flexibility index (Phi) is 6.60. The van der Waals surface area contributed by atoms with Gasteiger partial charge in [0, 0.05) is 28.2 Å². The second kappa shape index (κ2) is 9.23. The highest BCUT2D eigenvalue weighted by Crippen LogP contribution is 2.49. The highest BCUT2D eigenvalue weighted by Gasteiger charge is 2.50. The Bertz CT molecular complexity index is 956. The molecular formula is C24H30ClN3O2S. The number of halogens is 1. The lowest BCUT2D eigenvalue weighted by molar-refractivity contribution is 0.161. The number of rotatable bonds is 5. The Balaban J connectivity index is 1.48. The summed E-state index contributed by atoms with van der Waals surface area (Å²) in [5.74, 6) is 1.58. The van der Waals surface area contributed by atoms with Gasteiger partial charge in [-0.15, -0.1) is 0 Å². The van der Waals surface area contributed by atoms with E-state index >= 15 is 0 Å². The molecule has 31 heavy (non-hydrogen) atoms. The van der Waals surface area contributed by atoms with Crippen LogP contribution in [0.2, 0.25) is 5.02 Å². The van der Waals surface area contributed by atoms with Gasteiger partial charge in [0.25, 0.3) is 0 Å². The second-order valence-electron chi connectivity index (χ2n) is 8.55. The molecule has 1 heterocycles. The van der Waals surface area contributed by atoms with E-state index in [9.17, 15) is 0 Å². The molecule has 3 atom stereocenters. The van der Waals surface area contributed by atoms with Crippen LogP contribution in [0.5, 0.6) is 11.5 Å². The van der Waals surface area contributed by atoms with Crippen LogP contribution in [0, 0.1) is 0 Å². The summed E-state index contributed by atoms with van der Waals surface area (Å²) in [7, 11) is 5.61. The van der Waals surface area contributed by atoms with Crippen molar-refractivity contribution in [3.8, 4) is 11.5 Å². The van der Waals surface area contributed by atoms with Crippen molar-refractivity contribution in [1.82, 2.24) is 10.2 Å². The van der Waals surface area contributed by atoms with Gasteiger partial charge in [0.05, 0.1) is 14.2 Å². The molecule has 2 aromatic rings. The smallest absolute Gasteiger partial charge is 0.170 e. The monoisotopic (exact) mass is 459 g/mol. The van der Waals surface area contributed by atoms with E-state index in [0.29, 0.717) is 22.2 Å². The van der Waals surface area contributed by atoms with Crippen LogP contribution >= 0.6 is 23.8 Å². The molecule has 2 fully saturated rings. The Hall–Kier alpha value is -2.02. The van der Waals surface area contributed by atoms with E-state index in [2.05, 4.69) is 34.7 Å². The largest absolute Gasteiger partial charge is 0.493 e. The number of anilines is 1. The number of thiocarbonyl (C=S) groups is 1. The van der Waals surface area contributed by atoms with E-state index in [0.717, 1.165) is 49.4 Å². The summed E-state index contributed by atoms with van der Waals surface area (Å²) < 4.78 is 11.0. The minimum atomic E-state index is 0.133. The minimum absolute atomic E-state index is 0.133. The molecule has 7 heteroatoms. The lowest BCUT2D eigenvalue weighted by atomic mass is 9.65. The molecule has 0 amide bonds. The zero-order valence-electron chi connectivity index (χ0n) is 18.3. The third-order valence-corrected chi connectivity index (χ3v) is 7.36. The third kappa shape index (κ3) is 4.47. The maximum absolute atomic E-state index is 6.09. The first-order valence-corrected chi connectivity index (χ1v) is 11.5. The average molecular weight is 460 g/mol. The fourth-order valence-electron chi connectivity index (χ4n) is 5.31. The number of nitrogens with zero attached hydrogens (tertiary/aromatic N) is 1. The van der Waals surface area contributed by atoms with Crippen LogP contribution in [-0.4, -0.2) is 49.9 Å². The zero-order chi connectivity index (χ0) is 22.0. The number of hydrogen-bond donors (Lipinski definition) is 2. The first kappa shape index (κ1) is 22.2. The van der Waals surface area contributed by atoms with Gasteiger partial charge in [-0.3, -0.25) is 0 Å². The molecule has 2 N–H and O–H groups in total. The maximum Gasteiger partial charge on any atom is 0.170 e. The summed E-state index contributed by atoms with van der Waals surface area (Å²) in [5, 5.41) is 8.13. The molecule has 0 radical (unpaired) electrons. The number of benzene rings is 2. The van der Waals surface area contributed by atoms with Crippen molar-refractivity contribution in [2.24, 2.45) is 0 Å². The van der Waals surface area contributed by atoms with Crippen molar-refractivity contribution >= 4 is 34.6 Å². The third-order valence-electron chi connectivity index (χ3n) is 6.90. The molecule has 5 nitrogen and oxygen atoms in total. The molecule has 4 rings (SSSR count). The number of likely N-dealkylation sites (N-methyl/N-ethyl adjacent to an activating group) is 1. The van der Waals surface area contributed by atoms with Gasteiger partial charge >= 0.3 is 0 Å². The number of nitrogens with one attached hydrogen (secondary N) is 2. The Morgan fingerprint density at radius 2 is 1.94 bits per heavy atom. The van der Waals surface area contributed by atoms with Crippen molar-refractivity contribution in [1.29, 1.82) is 0 Å². The molecule has 1 aliphatic heterocycles. The Morgan fingerprint density at radius 1 is 1.13 bits per heavy atom. The van der Waals surface area contributed by atoms with Gasteiger partial charge in [0.15, 0.2) is 16.6 Å². The standard InChI is InChI=1S/C24H30ClN3O2S/c1-28-12-11-24(16-7-8-20(29-2)21(13-16)30-3)10-9-19(15-22(24)28)27-23(31)26-18-6-4-5-17(25)14-18/h4-8,13-14,19,22H,9-12,15H2,1-3H3,(H2,26,27,31)/t19-,22+,24-/m0/s1. The first-order chi connectivity index (χ1) is 14.9. The molecule has 2 aliphatic rings. The van der Waals surface area contributed by atoms with Crippen LogP contribution < -0.4 is 20.1 Å². The highest BCUT2D eigenvalue weighted by molar-refractivity contribution is 7.80. The van der Waals surface area contributed by atoms with Gasteiger partial charge in [-0.05, 0) is 87.4 Å². The number of likely N-dealkylation sites (tertiary alicyclic amines) is 1. The summed E-state index contributed by atoms with van der Waals surface area (Å²) in [6, 6.07) is 14.8. The normalized spacial score (nSPS) is 25.5. The summed E-state index contributed by atoms with van der Waals surface area (Å²) in [5.41, 5.74) is 2.38. The first-order valence-electron chi connectivity index (χ1n) is 10.7.